The molecule has 1 aliphatic heterocycles. The largest absolute Gasteiger partial charge is 0.369 e. The Morgan fingerprint density at radius 2 is 1.88 bits per heavy atom. The Balaban J connectivity index is 1.64. The second-order valence-corrected chi connectivity index (χ2v) is 5.83. The highest BCUT2D eigenvalue weighted by molar-refractivity contribution is 6.04. The number of H-pyrrole nitrogens is 1. The van der Waals surface area contributed by atoms with Gasteiger partial charge >= 0.3 is 0 Å². The average Bonchev–Trinajstić information content (AvgIpc) is 3.05. The zero-order valence-electron chi connectivity index (χ0n) is 14.0. The number of nitrogens with zero attached hydrogens (tertiary/aromatic N) is 3. The molecule has 2 aromatic rings. The van der Waals surface area contributed by atoms with E-state index in [4.69, 9.17) is 4.74 Å². The van der Waals surface area contributed by atoms with Gasteiger partial charge in [-0.1, -0.05) is 18.2 Å². The number of aromatic nitrogens is 2. The summed E-state index contributed by atoms with van der Waals surface area (Å²) >= 11 is 0. The number of carbonyl (C=O) groups is 2. The molecular formula is C17H22N4O3. The van der Waals surface area contributed by atoms with Gasteiger partial charge in [0.1, 0.15) is 6.10 Å². The van der Waals surface area contributed by atoms with E-state index in [0.29, 0.717) is 38.5 Å². The van der Waals surface area contributed by atoms with E-state index in [1.165, 1.54) is 0 Å². The van der Waals surface area contributed by atoms with E-state index < -0.39 is 6.10 Å². The number of carbonyl (C=O) groups excluding carboxylic acids is 2. The van der Waals surface area contributed by atoms with Crippen molar-refractivity contribution < 1.29 is 14.3 Å². The molecule has 0 spiro atoms. The number of benzene rings is 1. The van der Waals surface area contributed by atoms with Crippen LogP contribution in [-0.4, -0.2) is 70.7 Å². The van der Waals surface area contributed by atoms with Crippen LogP contribution in [0.5, 0.6) is 0 Å². The van der Waals surface area contributed by atoms with Crippen LogP contribution < -0.4 is 0 Å². The minimum Gasteiger partial charge on any atom is -0.369 e. The summed E-state index contributed by atoms with van der Waals surface area (Å²) in [5.41, 5.74) is 1.29. The summed E-state index contributed by atoms with van der Waals surface area (Å²) in [5, 5.41) is 7.87. The van der Waals surface area contributed by atoms with Gasteiger partial charge < -0.3 is 14.5 Å². The predicted octanol–water partition coefficient (Wildman–Crippen LogP) is 1.27. The zero-order chi connectivity index (χ0) is 17.1. The number of ether oxygens (including phenoxy) is 1. The average molecular weight is 330 g/mol. The number of fused-ring (bicyclic) bond motifs is 1. The minimum absolute atomic E-state index is 0.0193. The van der Waals surface area contributed by atoms with Crippen molar-refractivity contribution in [1.29, 1.82) is 0 Å². The number of nitrogens with one attached hydrogen (secondary N) is 1. The number of rotatable bonds is 4. The van der Waals surface area contributed by atoms with E-state index in [1.54, 1.807) is 16.7 Å². The van der Waals surface area contributed by atoms with Crippen LogP contribution in [0.25, 0.3) is 10.9 Å². The minimum atomic E-state index is -0.437. The molecule has 1 atom stereocenters. The monoisotopic (exact) mass is 330 g/mol. The highest BCUT2D eigenvalue weighted by Crippen LogP contribution is 2.18. The Morgan fingerprint density at radius 3 is 2.58 bits per heavy atom. The summed E-state index contributed by atoms with van der Waals surface area (Å²) in [6.45, 7) is 6.19. The molecule has 2 heterocycles. The first-order chi connectivity index (χ1) is 11.6. The first kappa shape index (κ1) is 16.4. The summed E-state index contributed by atoms with van der Waals surface area (Å²) in [5.74, 6) is -0.119. The van der Waals surface area contributed by atoms with Crippen molar-refractivity contribution in [2.75, 3.05) is 32.8 Å². The van der Waals surface area contributed by atoms with E-state index in [-0.39, 0.29) is 11.8 Å². The van der Waals surface area contributed by atoms with Gasteiger partial charge in [-0.3, -0.25) is 14.7 Å². The Hall–Kier alpha value is -2.41. The zero-order valence-corrected chi connectivity index (χ0v) is 14.0. The van der Waals surface area contributed by atoms with Crippen molar-refractivity contribution in [3.05, 3.63) is 30.0 Å². The van der Waals surface area contributed by atoms with Crippen molar-refractivity contribution in [3.63, 3.8) is 0 Å². The van der Waals surface area contributed by atoms with Crippen LogP contribution in [0.15, 0.2) is 24.3 Å². The summed E-state index contributed by atoms with van der Waals surface area (Å²) < 4.78 is 5.35. The molecule has 0 saturated carbocycles. The third-order valence-corrected chi connectivity index (χ3v) is 4.32. The third kappa shape index (κ3) is 3.12. The molecule has 7 heteroatoms. The molecule has 1 aromatic heterocycles. The van der Waals surface area contributed by atoms with Crippen molar-refractivity contribution >= 4 is 22.7 Å². The third-order valence-electron chi connectivity index (χ3n) is 4.32. The number of hydrogen-bond donors (Lipinski definition) is 1. The van der Waals surface area contributed by atoms with Crippen molar-refractivity contribution in [2.24, 2.45) is 0 Å². The summed E-state index contributed by atoms with van der Waals surface area (Å²) in [7, 11) is 0. The summed E-state index contributed by atoms with van der Waals surface area (Å²) in [4.78, 5) is 28.5. The molecule has 0 radical (unpaired) electrons. The van der Waals surface area contributed by atoms with Gasteiger partial charge in [0.2, 0.25) is 0 Å². The highest BCUT2D eigenvalue weighted by Gasteiger charge is 2.29. The lowest BCUT2D eigenvalue weighted by atomic mass is 10.2. The molecule has 0 unspecified atom stereocenters. The Morgan fingerprint density at radius 1 is 1.21 bits per heavy atom. The fourth-order valence-electron chi connectivity index (χ4n) is 2.98. The lowest BCUT2D eigenvalue weighted by molar-refractivity contribution is -0.143. The van der Waals surface area contributed by atoms with Crippen LogP contribution in [-0.2, 0) is 9.53 Å². The molecule has 3 rings (SSSR count). The van der Waals surface area contributed by atoms with Gasteiger partial charge in [0.05, 0.1) is 5.52 Å². The highest BCUT2D eigenvalue weighted by atomic mass is 16.5. The number of amides is 2. The van der Waals surface area contributed by atoms with E-state index in [9.17, 15) is 9.59 Å². The first-order valence-corrected chi connectivity index (χ1v) is 8.24. The lowest BCUT2D eigenvalue weighted by Gasteiger charge is -2.35. The van der Waals surface area contributed by atoms with E-state index in [1.807, 2.05) is 31.2 Å². The SMILES string of the molecule is CCO[C@@H](C)C(=O)N1CCN(C(=O)c2n[nH]c3ccccc23)CC1. The van der Waals surface area contributed by atoms with Crippen LogP contribution in [0.2, 0.25) is 0 Å². The Labute approximate surface area is 140 Å². The second-order valence-electron chi connectivity index (χ2n) is 5.83. The molecule has 1 aromatic carbocycles. The normalized spacial score (nSPS) is 16.4. The van der Waals surface area contributed by atoms with Gasteiger partial charge in [0.15, 0.2) is 5.69 Å². The number of para-hydroxylation sites is 1. The molecule has 0 bridgehead atoms. The Bertz CT molecular complexity index is 734. The molecule has 7 nitrogen and oxygen atoms in total. The van der Waals surface area contributed by atoms with Gasteiger partial charge in [-0.05, 0) is 19.9 Å². The quantitative estimate of drug-likeness (QED) is 0.916. The van der Waals surface area contributed by atoms with Crippen LogP contribution in [0, 0.1) is 0 Å². The number of hydrogen-bond acceptors (Lipinski definition) is 4. The van der Waals surface area contributed by atoms with Gasteiger partial charge in [-0.2, -0.15) is 5.10 Å². The van der Waals surface area contributed by atoms with Crippen molar-refractivity contribution in [1.82, 2.24) is 20.0 Å². The van der Waals surface area contributed by atoms with Crippen LogP contribution in [0.1, 0.15) is 24.3 Å². The van der Waals surface area contributed by atoms with Gasteiger partial charge in [0.25, 0.3) is 11.8 Å². The maximum atomic E-state index is 12.7. The molecule has 0 aliphatic carbocycles. The van der Waals surface area contributed by atoms with Gasteiger partial charge in [-0.25, -0.2) is 0 Å². The second kappa shape index (κ2) is 7.00. The van der Waals surface area contributed by atoms with Gasteiger partial charge in [0, 0.05) is 38.2 Å². The van der Waals surface area contributed by atoms with E-state index in [2.05, 4.69) is 10.2 Å². The Kier molecular flexibility index (Phi) is 4.80. The van der Waals surface area contributed by atoms with Crippen molar-refractivity contribution in [3.8, 4) is 0 Å². The summed E-state index contributed by atoms with van der Waals surface area (Å²) in [6.07, 6.45) is -0.437. The maximum absolute atomic E-state index is 12.7. The molecule has 24 heavy (non-hydrogen) atoms. The first-order valence-electron chi connectivity index (χ1n) is 8.24. The van der Waals surface area contributed by atoms with Crippen LogP contribution >= 0.6 is 0 Å². The van der Waals surface area contributed by atoms with E-state index in [0.717, 1.165) is 10.9 Å². The standard InChI is InChI=1S/C17H22N4O3/c1-3-24-12(2)16(22)20-8-10-21(11-9-20)17(23)15-13-6-4-5-7-14(13)18-19-15/h4-7,12H,3,8-11H2,1-2H3,(H,18,19)/t12-/m0/s1. The molecular weight excluding hydrogens is 308 g/mol. The molecule has 2 amide bonds. The molecule has 1 N–H and O–H groups in total. The number of piperazine rings is 1. The molecule has 1 saturated heterocycles. The summed E-state index contributed by atoms with van der Waals surface area (Å²) in [6, 6.07) is 7.57. The lowest BCUT2D eigenvalue weighted by Crippen LogP contribution is -2.52. The topological polar surface area (TPSA) is 78.5 Å². The fraction of sp³-hybridized carbons (Fsp3) is 0.471. The predicted molar refractivity (Wildman–Crippen MR) is 89.7 cm³/mol. The maximum Gasteiger partial charge on any atom is 0.275 e. The number of aromatic amines is 1. The molecule has 1 aliphatic rings. The molecule has 1 fully saturated rings. The van der Waals surface area contributed by atoms with Crippen LogP contribution in [0.4, 0.5) is 0 Å². The van der Waals surface area contributed by atoms with Gasteiger partial charge in [-0.15, -0.1) is 0 Å². The smallest absolute Gasteiger partial charge is 0.275 e. The van der Waals surface area contributed by atoms with E-state index >= 15 is 0 Å². The van der Waals surface area contributed by atoms with Crippen LogP contribution in [0.3, 0.4) is 0 Å². The van der Waals surface area contributed by atoms with Crippen molar-refractivity contribution in [2.45, 2.75) is 20.0 Å². The fourth-order valence-corrected chi connectivity index (χ4v) is 2.98. The molecule has 128 valence electrons.